The molecule has 0 saturated carbocycles. The van der Waals surface area contributed by atoms with E-state index in [1.165, 1.54) is 6.07 Å². The number of hydrogen-bond acceptors (Lipinski definition) is 2. The van der Waals surface area contributed by atoms with Crippen molar-refractivity contribution in [3.63, 3.8) is 0 Å². The monoisotopic (exact) mass is 237 g/mol. The molecule has 2 N–H and O–H groups in total. The molecule has 1 fully saturated rings. The van der Waals surface area contributed by atoms with Crippen LogP contribution in [0.4, 0.5) is 4.39 Å². The summed E-state index contributed by atoms with van der Waals surface area (Å²) < 4.78 is 13.2. The molecule has 1 saturated heterocycles. The SMILES string of the molecule is Cc1ccc(F)cc1CC1(O)CCNCC1C. The van der Waals surface area contributed by atoms with Gasteiger partial charge in [0, 0.05) is 13.0 Å². The van der Waals surface area contributed by atoms with Crippen LogP contribution in [0.25, 0.3) is 0 Å². The van der Waals surface area contributed by atoms with Gasteiger partial charge in [0.2, 0.25) is 0 Å². The lowest BCUT2D eigenvalue weighted by molar-refractivity contribution is -0.0331. The number of piperidine rings is 1. The zero-order valence-corrected chi connectivity index (χ0v) is 10.5. The number of rotatable bonds is 2. The zero-order chi connectivity index (χ0) is 12.5. The quantitative estimate of drug-likeness (QED) is 0.825. The fraction of sp³-hybridized carbons (Fsp3) is 0.571. The summed E-state index contributed by atoms with van der Waals surface area (Å²) in [6.45, 7) is 5.66. The van der Waals surface area contributed by atoms with Crippen molar-refractivity contribution in [3.8, 4) is 0 Å². The third kappa shape index (κ3) is 2.67. The summed E-state index contributed by atoms with van der Waals surface area (Å²) in [5.74, 6) is -0.0327. The minimum absolute atomic E-state index is 0.193. The first kappa shape index (κ1) is 12.5. The van der Waals surface area contributed by atoms with Crippen LogP contribution in [0.5, 0.6) is 0 Å². The van der Waals surface area contributed by atoms with E-state index in [9.17, 15) is 9.50 Å². The van der Waals surface area contributed by atoms with E-state index in [4.69, 9.17) is 0 Å². The predicted molar refractivity (Wildman–Crippen MR) is 66.4 cm³/mol. The summed E-state index contributed by atoms with van der Waals surface area (Å²) in [6.07, 6.45) is 1.27. The molecule has 0 aromatic heterocycles. The first-order valence-electron chi connectivity index (χ1n) is 6.19. The molecule has 2 rings (SSSR count). The molecule has 0 radical (unpaired) electrons. The van der Waals surface area contributed by atoms with Crippen LogP contribution in [0, 0.1) is 18.7 Å². The number of benzene rings is 1. The van der Waals surface area contributed by atoms with E-state index in [0.29, 0.717) is 6.42 Å². The van der Waals surface area contributed by atoms with Crippen LogP contribution in [0.2, 0.25) is 0 Å². The molecular formula is C14H20FNO. The van der Waals surface area contributed by atoms with Gasteiger partial charge in [0.15, 0.2) is 0 Å². The summed E-state index contributed by atoms with van der Waals surface area (Å²) in [5.41, 5.74) is 1.26. The van der Waals surface area contributed by atoms with Crippen molar-refractivity contribution < 1.29 is 9.50 Å². The highest BCUT2D eigenvalue weighted by molar-refractivity contribution is 5.28. The standard InChI is InChI=1S/C14H20FNO/c1-10-3-4-13(15)7-12(10)8-14(17)5-6-16-9-11(14)2/h3-4,7,11,16-17H,5-6,8-9H2,1-2H3. The summed E-state index contributed by atoms with van der Waals surface area (Å²) in [6, 6.07) is 4.79. The van der Waals surface area contributed by atoms with Gasteiger partial charge < -0.3 is 10.4 Å². The van der Waals surface area contributed by atoms with Crippen molar-refractivity contribution in [1.82, 2.24) is 5.32 Å². The third-order valence-corrected chi connectivity index (χ3v) is 3.91. The fourth-order valence-corrected chi connectivity index (χ4v) is 2.48. The molecule has 2 atom stereocenters. The number of nitrogens with one attached hydrogen (secondary N) is 1. The van der Waals surface area contributed by atoms with Crippen molar-refractivity contribution in [2.75, 3.05) is 13.1 Å². The van der Waals surface area contributed by atoms with Gasteiger partial charge in [-0.05, 0) is 49.1 Å². The lowest BCUT2D eigenvalue weighted by Gasteiger charge is -2.39. The van der Waals surface area contributed by atoms with Gasteiger partial charge in [-0.15, -0.1) is 0 Å². The van der Waals surface area contributed by atoms with E-state index in [-0.39, 0.29) is 11.7 Å². The number of halogens is 1. The molecule has 0 bridgehead atoms. The smallest absolute Gasteiger partial charge is 0.123 e. The maximum Gasteiger partial charge on any atom is 0.123 e. The highest BCUT2D eigenvalue weighted by Crippen LogP contribution is 2.29. The van der Waals surface area contributed by atoms with E-state index in [0.717, 1.165) is 30.6 Å². The molecule has 1 aromatic carbocycles. The zero-order valence-electron chi connectivity index (χ0n) is 10.5. The van der Waals surface area contributed by atoms with Crippen LogP contribution in [-0.4, -0.2) is 23.8 Å². The molecule has 1 aliphatic heterocycles. The number of hydrogen-bond donors (Lipinski definition) is 2. The lowest BCUT2D eigenvalue weighted by Crippen LogP contribution is -2.50. The van der Waals surface area contributed by atoms with Gasteiger partial charge in [-0.2, -0.15) is 0 Å². The first-order valence-corrected chi connectivity index (χ1v) is 6.19. The van der Waals surface area contributed by atoms with E-state index in [1.54, 1.807) is 12.1 Å². The average molecular weight is 237 g/mol. The molecule has 0 spiro atoms. The van der Waals surface area contributed by atoms with Crippen LogP contribution in [0.1, 0.15) is 24.5 Å². The fourth-order valence-electron chi connectivity index (χ4n) is 2.48. The minimum Gasteiger partial charge on any atom is -0.389 e. The van der Waals surface area contributed by atoms with Gasteiger partial charge in [-0.3, -0.25) is 0 Å². The van der Waals surface area contributed by atoms with Crippen molar-refractivity contribution >= 4 is 0 Å². The molecule has 2 nitrogen and oxygen atoms in total. The Balaban J connectivity index is 2.21. The van der Waals surface area contributed by atoms with Crippen LogP contribution >= 0.6 is 0 Å². The maximum absolute atomic E-state index is 13.2. The molecule has 3 heteroatoms. The van der Waals surface area contributed by atoms with Crippen molar-refractivity contribution in [3.05, 3.63) is 35.1 Å². The topological polar surface area (TPSA) is 32.3 Å². The van der Waals surface area contributed by atoms with Gasteiger partial charge in [0.1, 0.15) is 5.82 Å². The lowest BCUT2D eigenvalue weighted by atomic mass is 9.78. The normalized spacial score (nSPS) is 29.3. The molecule has 1 aromatic rings. The van der Waals surface area contributed by atoms with E-state index in [2.05, 4.69) is 5.32 Å². The van der Waals surface area contributed by atoms with Crippen LogP contribution in [0.15, 0.2) is 18.2 Å². The highest BCUT2D eigenvalue weighted by atomic mass is 19.1. The van der Waals surface area contributed by atoms with Gasteiger partial charge in [0.25, 0.3) is 0 Å². The Kier molecular flexibility index (Phi) is 3.50. The molecule has 2 unspecified atom stereocenters. The number of aryl methyl sites for hydroxylation is 1. The van der Waals surface area contributed by atoms with Crippen LogP contribution in [0.3, 0.4) is 0 Å². The Hall–Kier alpha value is -0.930. The summed E-state index contributed by atoms with van der Waals surface area (Å²) in [7, 11) is 0. The van der Waals surface area contributed by atoms with E-state index >= 15 is 0 Å². The molecular weight excluding hydrogens is 217 g/mol. The second-order valence-electron chi connectivity index (χ2n) is 5.21. The maximum atomic E-state index is 13.2. The third-order valence-electron chi connectivity index (χ3n) is 3.91. The van der Waals surface area contributed by atoms with E-state index < -0.39 is 5.60 Å². The predicted octanol–water partition coefficient (Wildman–Crippen LogP) is 2.04. The Labute approximate surface area is 102 Å². The Bertz CT molecular complexity index is 407. The Morgan fingerprint density at radius 2 is 2.29 bits per heavy atom. The summed E-state index contributed by atoms with van der Waals surface area (Å²) in [4.78, 5) is 0. The molecule has 1 heterocycles. The average Bonchev–Trinajstić information content (AvgIpc) is 2.28. The van der Waals surface area contributed by atoms with Gasteiger partial charge in [-0.1, -0.05) is 13.0 Å². The second kappa shape index (κ2) is 4.75. The summed E-state index contributed by atoms with van der Waals surface area (Å²) in [5, 5.41) is 13.9. The van der Waals surface area contributed by atoms with E-state index in [1.807, 2.05) is 13.8 Å². The molecule has 0 aliphatic carbocycles. The van der Waals surface area contributed by atoms with Gasteiger partial charge >= 0.3 is 0 Å². The number of aliphatic hydroxyl groups is 1. The van der Waals surface area contributed by atoms with Gasteiger partial charge in [-0.25, -0.2) is 4.39 Å². The second-order valence-corrected chi connectivity index (χ2v) is 5.21. The highest BCUT2D eigenvalue weighted by Gasteiger charge is 2.36. The minimum atomic E-state index is -0.705. The van der Waals surface area contributed by atoms with Gasteiger partial charge in [0.05, 0.1) is 5.60 Å². The van der Waals surface area contributed by atoms with Crippen molar-refractivity contribution in [2.45, 2.75) is 32.3 Å². The van der Waals surface area contributed by atoms with Crippen molar-refractivity contribution in [2.24, 2.45) is 5.92 Å². The molecule has 1 aliphatic rings. The van der Waals surface area contributed by atoms with Crippen molar-refractivity contribution in [1.29, 1.82) is 0 Å². The summed E-state index contributed by atoms with van der Waals surface area (Å²) >= 11 is 0. The van der Waals surface area contributed by atoms with Crippen LogP contribution < -0.4 is 5.32 Å². The molecule has 17 heavy (non-hydrogen) atoms. The molecule has 0 amide bonds. The largest absolute Gasteiger partial charge is 0.389 e. The first-order chi connectivity index (χ1) is 8.01. The molecule has 94 valence electrons. The van der Waals surface area contributed by atoms with Crippen LogP contribution in [-0.2, 0) is 6.42 Å². The Morgan fingerprint density at radius 3 is 3.00 bits per heavy atom. The Morgan fingerprint density at radius 1 is 1.53 bits per heavy atom.